The van der Waals surface area contributed by atoms with E-state index >= 15 is 0 Å². The summed E-state index contributed by atoms with van der Waals surface area (Å²) in [6, 6.07) is 3.50. The van der Waals surface area contributed by atoms with Gasteiger partial charge in [0.1, 0.15) is 16.5 Å². The SMILES string of the molecule is N#Cc1cc(I)c(S(=O)(=O)Cl)cc1[N+](=O)[O-]. The number of nitro benzene ring substituents is 1. The second kappa shape index (κ2) is 4.52. The summed E-state index contributed by atoms with van der Waals surface area (Å²) in [5, 5.41) is 19.2. The van der Waals surface area contributed by atoms with Gasteiger partial charge in [-0.1, -0.05) is 0 Å². The van der Waals surface area contributed by atoms with Crippen LogP contribution in [0.2, 0.25) is 0 Å². The standard InChI is InChI=1S/C7H2ClIN2O4S/c8-16(14,15)7-2-6(11(12)13)4(3-10)1-5(7)9/h1-2H. The zero-order chi connectivity index (χ0) is 12.5. The third kappa shape index (κ3) is 2.60. The molecule has 0 heterocycles. The number of hydrogen-bond acceptors (Lipinski definition) is 5. The maximum absolute atomic E-state index is 11.1. The number of rotatable bonds is 2. The average Bonchev–Trinajstić information content (AvgIpc) is 2.14. The Morgan fingerprint density at radius 1 is 1.50 bits per heavy atom. The van der Waals surface area contributed by atoms with E-state index in [4.69, 9.17) is 15.9 Å². The third-order valence-corrected chi connectivity index (χ3v) is 4.25. The number of nitro groups is 1. The molecule has 0 aromatic heterocycles. The predicted octanol–water partition coefficient (Wildman–Crippen LogP) is 2.00. The van der Waals surface area contributed by atoms with Gasteiger partial charge in [-0.2, -0.15) is 5.26 Å². The Labute approximate surface area is 109 Å². The first kappa shape index (κ1) is 13.1. The monoisotopic (exact) mass is 372 g/mol. The van der Waals surface area contributed by atoms with Crippen molar-refractivity contribution in [2.45, 2.75) is 4.90 Å². The van der Waals surface area contributed by atoms with E-state index in [0.29, 0.717) is 0 Å². The van der Waals surface area contributed by atoms with Gasteiger partial charge in [-0.25, -0.2) is 8.42 Å². The summed E-state index contributed by atoms with van der Waals surface area (Å²) in [5.74, 6) is 0. The van der Waals surface area contributed by atoms with Crippen molar-refractivity contribution in [2.24, 2.45) is 0 Å². The summed E-state index contributed by atoms with van der Waals surface area (Å²) in [5.41, 5.74) is -0.791. The Balaban J connectivity index is 3.67. The van der Waals surface area contributed by atoms with Crippen molar-refractivity contribution in [2.75, 3.05) is 0 Å². The Bertz CT molecular complexity index is 608. The van der Waals surface area contributed by atoms with E-state index in [1.165, 1.54) is 0 Å². The van der Waals surface area contributed by atoms with Crippen LogP contribution in [0.25, 0.3) is 0 Å². The highest BCUT2D eigenvalue weighted by Gasteiger charge is 2.23. The fourth-order valence-electron chi connectivity index (χ4n) is 0.970. The molecule has 0 aliphatic rings. The molecule has 1 rings (SSSR count). The van der Waals surface area contributed by atoms with Crippen LogP contribution in [0.5, 0.6) is 0 Å². The minimum atomic E-state index is -4.06. The summed E-state index contributed by atoms with van der Waals surface area (Å²) in [6.45, 7) is 0. The minimum Gasteiger partial charge on any atom is -0.258 e. The second-order valence-corrected chi connectivity index (χ2v) is 6.30. The summed E-state index contributed by atoms with van der Waals surface area (Å²) in [6.07, 6.45) is 0. The van der Waals surface area contributed by atoms with Crippen LogP contribution < -0.4 is 0 Å². The fraction of sp³-hybridized carbons (Fsp3) is 0. The molecule has 0 saturated heterocycles. The summed E-state index contributed by atoms with van der Waals surface area (Å²) < 4.78 is 22.3. The number of nitriles is 1. The lowest BCUT2D eigenvalue weighted by atomic mass is 10.2. The number of nitrogens with zero attached hydrogens (tertiary/aromatic N) is 2. The maximum atomic E-state index is 11.1. The summed E-state index contributed by atoms with van der Waals surface area (Å²) >= 11 is 1.64. The van der Waals surface area contributed by atoms with E-state index < -0.39 is 19.7 Å². The van der Waals surface area contributed by atoms with Gasteiger partial charge in [-0.05, 0) is 28.7 Å². The van der Waals surface area contributed by atoms with Crippen molar-refractivity contribution >= 4 is 48.0 Å². The molecule has 1 aromatic carbocycles. The van der Waals surface area contributed by atoms with Crippen LogP contribution in [0.4, 0.5) is 5.69 Å². The second-order valence-electron chi connectivity index (χ2n) is 2.61. The van der Waals surface area contributed by atoms with Crippen LogP contribution in [-0.4, -0.2) is 13.3 Å². The van der Waals surface area contributed by atoms with Gasteiger partial charge in [0.2, 0.25) is 0 Å². The van der Waals surface area contributed by atoms with Gasteiger partial charge in [0.15, 0.2) is 0 Å². The Kier molecular flexibility index (Phi) is 3.72. The molecule has 16 heavy (non-hydrogen) atoms. The van der Waals surface area contributed by atoms with Crippen LogP contribution in [0.1, 0.15) is 5.56 Å². The van der Waals surface area contributed by atoms with Crippen molar-refractivity contribution in [1.82, 2.24) is 0 Å². The first-order valence-electron chi connectivity index (χ1n) is 3.60. The average molecular weight is 373 g/mol. The highest BCUT2D eigenvalue weighted by molar-refractivity contribution is 14.1. The largest absolute Gasteiger partial charge is 0.288 e. The Morgan fingerprint density at radius 2 is 2.06 bits per heavy atom. The van der Waals surface area contributed by atoms with Crippen molar-refractivity contribution < 1.29 is 13.3 Å². The van der Waals surface area contributed by atoms with Crippen molar-refractivity contribution in [3.8, 4) is 6.07 Å². The lowest BCUT2D eigenvalue weighted by Gasteiger charge is -2.01. The molecule has 0 bridgehead atoms. The molecule has 84 valence electrons. The van der Waals surface area contributed by atoms with E-state index in [9.17, 15) is 18.5 Å². The van der Waals surface area contributed by atoms with Crippen molar-refractivity contribution in [3.63, 3.8) is 0 Å². The molecule has 9 heteroatoms. The number of benzene rings is 1. The number of hydrogen-bond donors (Lipinski definition) is 0. The molecule has 0 atom stereocenters. The molecular formula is C7H2ClIN2O4S. The lowest BCUT2D eigenvalue weighted by Crippen LogP contribution is -2.00. The van der Waals surface area contributed by atoms with Gasteiger partial charge in [0.25, 0.3) is 14.7 Å². The van der Waals surface area contributed by atoms with Crippen LogP contribution in [0, 0.1) is 25.0 Å². The minimum absolute atomic E-state index is 0.162. The first-order chi connectivity index (χ1) is 7.27. The zero-order valence-corrected chi connectivity index (χ0v) is 11.1. The van der Waals surface area contributed by atoms with Crippen LogP contribution in [-0.2, 0) is 9.05 Å². The highest BCUT2D eigenvalue weighted by Crippen LogP contribution is 2.29. The molecule has 0 unspecified atom stereocenters. The molecule has 6 nitrogen and oxygen atoms in total. The molecule has 0 fully saturated rings. The number of halogens is 2. The van der Waals surface area contributed by atoms with Gasteiger partial charge < -0.3 is 0 Å². The predicted molar refractivity (Wildman–Crippen MR) is 63.6 cm³/mol. The fourth-order valence-corrected chi connectivity index (χ4v) is 3.62. The van der Waals surface area contributed by atoms with Crippen molar-refractivity contribution in [1.29, 1.82) is 5.26 Å². The quantitative estimate of drug-likeness (QED) is 0.342. The Morgan fingerprint density at radius 3 is 2.44 bits per heavy atom. The molecule has 0 spiro atoms. The van der Waals surface area contributed by atoms with Gasteiger partial charge in [-0.3, -0.25) is 10.1 Å². The van der Waals surface area contributed by atoms with E-state index in [0.717, 1.165) is 12.1 Å². The van der Waals surface area contributed by atoms with Crippen molar-refractivity contribution in [3.05, 3.63) is 31.4 Å². The summed E-state index contributed by atoms with van der Waals surface area (Å²) in [4.78, 5) is 9.38. The smallest absolute Gasteiger partial charge is 0.258 e. The Hall–Kier alpha value is -0.920. The van der Waals surface area contributed by atoms with E-state index in [1.807, 2.05) is 0 Å². The molecule has 0 N–H and O–H groups in total. The lowest BCUT2D eigenvalue weighted by molar-refractivity contribution is -0.385. The highest BCUT2D eigenvalue weighted by atomic mass is 127. The van der Waals surface area contributed by atoms with E-state index in [1.54, 1.807) is 28.7 Å². The normalized spacial score (nSPS) is 10.8. The topological polar surface area (TPSA) is 101 Å². The molecule has 0 aliphatic carbocycles. The molecule has 0 radical (unpaired) electrons. The van der Waals surface area contributed by atoms with Crippen LogP contribution in [0.15, 0.2) is 17.0 Å². The van der Waals surface area contributed by atoms with E-state index in [-0.39, 0.29) is 14.0 Å². The maximum Gasteiger partial charge on any atom is 0.288 e. The van der Waals surface area contributed by atoms with Gasteiger partial charge in [0, 0.05) is 20.3 Å². The molecule has 0 aliphatic heterocycles. The molecule has 0 saturated carbocycles. The van der Waals surface area contributed by atoms with E-state index in [2.05, 4.69) is 0 Å². The molecular weight excluding hydrogens is 371 g/mol. The first-order valence-corrected chi connectivity index (χ1v) is 6.99. The van der Waals surface area contributed by atoms with Gasteiger partial charge >= 0.3 is 0 Å². The van der Waals surface area contributed by atoms with Gasteiger partial charge in [-0.15, -0.1) is 0 Å². The molecule has 1 aromatic rings. The third-order valence-electron chi connectivity index (χ3n) is 1.63. The zero-order valence-electron chi connectivity index (χ0n) is 7.35. The molecule has 0 amide bonds. The van der Waals surface area contributed by atoms with Crippen LogP contribution in [0.3, 0.4) is 0 Å². The van der Waals surface area contributed by atoms with Gasteiger partial charge in [0.05, 0.1) is 4.92 Å². The summed E-state index contributed by atoms with van der Waals surface area (Å²) in [7, 11) is 1.03. The van der Waals surface area contributed by atoms with Crippen LogP contribution >= 0.6 is 33.3 Å².